The molecule has 1 saturated heterocycles. The molecule has 0 aromatic heterocycles. The molecule has 1 aliphatic heterocycles. The van der Waals surface area contributed by atoms with Crippen LogP contribution in [0, 0.1) is 23.7 Å². The highest BCUT2D eigenvalue weighted by Crippen LogP contribution is 2.55. The van der Waals surface area contributed by atoms with E-state index < -0.39 is 30.6 Å². The fraction of sp³-hybridized carbons (Fsp3) is 0.513. The minimum Gasteiger partial charge on any atom is -0.374 e. The lowest BCUT2D eigenvalue weighted by molar-refractivity contribution is -0.315. The molecule has 1 heterocycles. The van der Waals surface area contributed by atoms with E-state index in [-0.39, 0.29) is 12.0 Å². The monoisotopic (exact) mass is 625 g/mol. The summed E-state index contributed by atoms with van der Waals surface area (Å²) < 4.78 is 33.7. The molecule has 1 amide bonds. The number of nitrogens with one attached hydrogen (secondary N) is 1. The van der Waals surface area contributed by atoms with Gasteiger partial charge in [-0.2, -0.15) is 0 Å². The first-order valence-corrected chi connectivity index (χ1v) is 17.1. The van der Waals surface area contributed by atoms with Gasteiger partial charge in [0.1, 0.15) is 24.4 Å². The van der Waals surface area contributed by atoms with Crippen LogP contribution in [0.15, 0.2) is 91.0 Å². The summed E-state index contributed by atoms with van der Waals surface area (Å²) in [7, 11) is 0. The van der Waals surface area contributed by atoms with Gasteiger partial charge in [-0.05, 0) is 72.5 Å². The molecule has 0 radical (unpaired) electrons. The molecule has 4 saturated carbocycles. The molecule has 46 heavy (non-hydrogen) atoms. The highest BCUT2D eigenvalue weighted by atomic mass is 16.7. The van der Waals surface area contributed by atoms with Crippen LogP contribution in [0.3, 0.4) is 0 Å². The largest absolute Gasteiger partial charge is 0.374 e. The number of carbonyl (C=O) groups is 1. The first-order chi connectivity index (χ1) is 22.6. The van der Waals surface area contributed by atoms with Crippen molar-refractivity contribution in [2.45, 2.75) is 95.6 Å². The molecule has 244 valence electrons. The molecule has 3 aromatic carbocycles. The van der Waals surface area contributed by atoms with Crippen LogP contribution >= 0.6 is 0 Å². The lowest BCUT2D eigenvalue weighted by atomic mass is 9.55. The number of hydrogen-bond acceptors (Lipinski definition) is 6. The van der Waals surface area contributed by atoms with Crippen molar-refractivity contribution in [2.75, 3.05) is 6.61 Å². The van der Waals surface area contributed by atoms with Gasteiger partial charge in [-0.3, -0.25) is 4.79 Å². The van der Waals surface area contributed by atoms with Crippen molar-refractivity contribution >= 4 is 5.91 Å². The van der Waals surface area contributed by atoms with Gasteiger partial charge in [0.25, 0.3) is 0 Å². The third-order valence-electron chi connectivity index (χ3n) is 10.4. The molecule has 7 nitrogen and oxygen atoms in total. The van der Waals surface area contributed by atoms with Crippen molar-refractivity contribution in [2.24, 2.45) is 23.7 Å². The summed E-state index contributed by atoms with van der Waals surface area (Å²) in [5, 5.41) is 3.19. The Hall–Kier alpha value is -3.07. The van der Waals surface area contributed by atoms with Crippen LogP contribution in [0.5, 0.6) is 0 Å². The molecule has 8 rings (SSSR count). The average Bonchev–Trinajstić information content (AvgIpc) is 3.07. The van der Waals surface area contributed by atoms with E-state index in [1.165, 1.54) is 32.1 Å². The molecule has 5 atom stereocenters. The van der Waals surface area contributed by atoms with Gasteiger partial charge in [0.2, 0.25) is 5.91 Å². The van der Waals surface area contributed by atoms with Crippen LogP contribution in [-0.4, -0.2) is 49.3 Å². The summed E-state index contributed by atoms with van der Waals surface area (Å²) in [6, 6.07) is 29.8. The Kier molecular flexibility index (Phi) is 10.1. The molecule has 0 spiro atoms. The Morgan fingerprint density at radius 1 is 0.674 bits per heavy atom. The first kappa shape index (κ1) is 31.5. The van der Waals surface area contributed by atoms with Crippen molar-refractivity contribution in [1.82, 2.24) is 5.32 Å². The molecule has 3 aromatic rings. The molecule has 5 aliphatic rings. The average molecular weight is 626 g/mol. The number of amides is 1. The number of rotatable bonds is 13. The minimum absolute atomic E-state index is 0.122. The topological polar surface area (TPSA) is 75.3 Å². The van der Waals surface area contributed by atoms with E-state index >= 15 is 0 Å². The van der Waals surface area contributed by atoms with E-state index in [1.54, 1.807) is 6.92 Å². The van der Waals surface area contributed by atoms with Gasteiger partial charge in [0.05, 0.1) is 32.5 Å². The van der Waals surface area contributed by atoms with E-state index in [1.807, 2.05) is 66.7 Å². The number of benzene rings is 3. The second kappa shape index (κ2) is 14.8. The molecule has 1 unspecified atom stereocenters. The summed E-state index contributed by atoms with van der Waals surface area (Å²) in [6.45, 7) is 3.05. The summed E-state index contributed by atoms with van der Waals surface area (Å²) >= 11 is 0. The minimum atomic E-state index is -0.686. The normalized spacial score (nSPS) is 33.2. The van der Waals surface area contributed by atoms with E-state index in [0.717, 1.165) is 28.5 Å². The van der Waals surface area contributed by atoms with Crippen LogP contribution in [0.1, 0.15) is 55.7 Å². The Balaban J connectivity index is 1.17. The maximum absolute atomic E-state index is 12.8. The Bertz CT molecular complexity index is 1360. The second-order valence-corrected chi connectivity index (χ2v) is 13.8. The van der Waals surface area contributed by atoms with Gasteiger partial charge in [0.15, 0.2) is 6.29 Å². The summed E-state index contributed by atoms with van der Waals surface area (Å²) in [6.07, 6.45) is 4.22. The molecule has 1 N–H and O–H groups in total. The summed E-state index contributed by atoms with van der Waals surface area (Å²) in [5.74, 6) is 2.60. The van der Waals surface area contributed by atoms with Crippen LogP contribution in [0.2, 0.25) is 0 Å². The molecule has 4 aliphatic carbocycles. The van der Waals surface area contributed by atoms with E-state index in [0.29, 0.717) is 38.3 Å². The smallest absolute Gasteiger partial charge is 0.217 e. The fourth-order valence-electron chi connectivity index (χ4n) is 8.59. The van der Waals surface area contributed by atoms with E-state index in [9.17, 15) is 4.79 Å². The maximum atomic E-state index is 12.8. The molecule has 7 heteroatoms. The summed E-state index contributed by atoms with van der Waals surface area (Å²) in [5.41, 5.74) is 3.19. The summed E-state index contributed by atoms with van der Waals surface area (Å²) in [4.78, 5) is 12.8. The maximum Gasteiger partial charge on any atom is 0.217 e. The predicted octanol–water partition coefficient (Wildman–Crippen LogP) is 6.44. The van der Waals surface area contributed by atoms with Crippen LogP contribution in [0.4, 0.5) is 0 Å². The van der Waals surface area contributed by atoms with Gasteiger partial charge in [-0.15, -0.1) is 0 Å². The zero-order chi connectivity index (χ0) is 31.3. The van der Waals surface area contributed by atoms with Gasteiger partial charge in [0, 0.05) is 6.92 Å². The van der Waals surface area contributed by atoms with Crippen molar-refractivity contribution in [3.05, 3.63) is 108 Å². The molecular formula is C39H47NO6. The third-order valence-corrected chi connectivity index (χ3v) is 10.4. The Morgan fingerprint density at radius 3 is 1.70 bits per heavy atom. The Morgan fingerprint density at radius 2 is 1.17 bits per heavy atom. The SMILES string of the molecule is CC(=O)N[C@H]1C(OC2C3CC4CC(C3)CC2C4)O[C@H](COCc2ccccc2)[C@@H](OCc2ccccc2)[C@@H]1OCc1ccccc1. The highest BCUT2D eigenvalue weighted by molar-refractivity contribution is 5.73. The van der Waals surface area contributed by atoms with Crippen LogP contribution < -0.4 is 5.32 Å². The highest BCUT2D eigenvalue weighted by Gasteiger charge is 2.53. The zero-order valence-corrected chi connectivity index (χ0v) is 26.7. The quantitative estimate of drug-likeness (QED) is 0.236. The first-order valence-electron chi connectivity index (χ1n) is 17.1. The van der Waals surface area contributed by atoms with Gasteiger partial charge in [-0.1, -0.05) is 91.0 Å². The number of hydrogen-bond donors (Lipinski definition) is 1. The van der Waals surface area contributed by atoms with Crippen LogP contribution in [0.25, 0.3) is 0 Å². The van der Waals surface area contributed by atoms with Crippen molar-refractivity contribution in [3.63, 3.8) is 0 Å². The van der Waals surface area contributed by atoms with Crippen LogP contribution in [-0.2, 0) is 48.3 Å². The lowest BCUT2D eigenvalue weighted by Gasteiger charge is -2.55. The molecular weight excluding hydrogens is 578 g/mol. The standard InChI is InChI=1S/C39H47NO6/c1-26(41)40-35-38(44-24-29-15-9-4-10-16-29)37(43-23-28-13-7-3-8-14-28)34(25-42-22-27-11-5-2-6-12-27)45-39(35)46-36-32-18-30-17-31(20-32)21-33(36)19-30/h2-16,30-39H,17-25H2,1H3,(H,40,41)/t30?,31?,32?,33?,34-,35-,36?,37-,38-,39?/m1/s1. The van der Waals surface area contributed by atoms with Crippen molar-refractivity contribution < 1.29 is 28.5 Å². The lowest BCUT2D eigenvalue weighted by Crippen LogP contribution is -2.67. The third kappa shape index (κ3) is 7.56. The van der Waals surface area contributed by atoms with E-state index in [2.05, 4.69) is 29.6 Å². The zero-order valence-electron chi connectivity index (χ0n) is 26.7. The second-order valence-electron chi connectivity index (χ2n) is 13.8. The fourth-order valence-corrected chi connectivity index (χ4v) is 8.59. The van der Waals surface area contributed by atoms with Gasteiger partial charge in [-0.25, -0.2) is 0 Å². The number of ether oxygens (including phenoxy) is 5. The predicted molar refractivity (Wildman–Crippen MR) is 174 cm³/mol. The van der Waals surface area contributed by atoms with Gasteiger partial charge >= 0.3 is 0 Å². The Labute approximate surface area is 272 Å². The molecule has 5 fully saturated rings. The number of carbonyl (C=O) groups excluding carboxylic acids is 1. The van der Waals surface area contributed by atoms with E-state index in [4.69, 9.17) is 23.7 Å². The van der Waals surface area contributed by atoms with Gasteiger partial charge < -0.3 is 29.0 Å². The van der Waals surface area contributed by atoms with Crippen molar-refractivity contribution in [1.29, 1.82) is 0 Å². The van der Waals surface area contributed by atoms with Crippen molar-refractivity contribution in [3.8, 4) is 0 Å². The molecule has 4 bridgehead atoms.